The third-order valence-corrected chi connectivity index (χ3v) is 6.31. The maximum atomic E-state index is 9.99. The normalized spacial score (nSPS) is 25.9. The maximum absolute atomic E-state index is 9.99. The van der Waals surface area contributed by atoms with Crippen molar-refractivity contribution in [1.29, 1.82) is 5.26 Å². The monoisotopic (exact) mass is 377 g/mol. The Kier molecular flexibility index (Phi) is 5.45. The van der Waals surface area contributed by atoms with Gasteiger partial charge in [-0.1, -0.05) is 12.1 Å². The van der Waals surface area contributed by atoms with Crippen LogP contribution in [0.4, 0.5) is 5.95 Å². The molecule has 6 nitrogen and oxygen atoms in total. The Bertz CT molecular complexity index is 818. The molecule has 0 bridgehead atoms. The largest absolute Gasteiger partial charge is 0.497 e. The Labute approximate surface area is 166 Å². The van der Waals surface area contributed by atoms with E-state index in [2.05, 4.69) is 31.9 Å². The number of aromatic nitrogens is 2. The molecule has 1 aromatic heterocycles. The first-order valence-corrected chi connectivity index (χ1v) is 10.1. The number of hydrogen-bond donors (Lipinski definition) is 0. The molecular weight excluding hydrogens is 350 g/mol. The van der Waals surface area contributed by atoms with Crippen molar-refractivity contribution in [3.63, 3.8) is 0 Å². The van der Waals surface area contributed by atoms with Gasteiger partial charge in [0.05, 0.1) is 18.6 Å². The van der Waals surface area contributed by atoms with E-state index in [-0.39, 0.29) is 5.41 Å². The number of ether oxygens (including phenoxy) is 1. The van der Waals surface area contributed by atoms with Crippen molar-refractivity contribution in [1.82, 2.24) is 14.9 Å². The predicted octanol–water partition coefficient (Wildman–Crippen LogP) is 3.01. The summed E-state index contributed by atoms with van der Waals surface area (Å²) < 4.78 is 5.37. The van der Waals surface area contributed by atoms with Gasteiger partial charge < -0.3 is 9.64 Å². The summed E-state index contributed by atoms with van der Waals surface area (Å²) in [6.45, 7) is 3.98. The van der Waals surface area contributed by atoms with E-state index < -0.39 is 0 Å². The summed E-state index contributed by atoms with van der Waals surface area (Å²) in [5.41, 5.74) is 0.712. The molecule has 1 saturated carbocycles. The van der Waals surface area contributed by atoms with Gasteiger partial charge in [-0.25, -0.2) is 9.97 Å². The Morgan fingerprint density at radius 1 is 1.07 bits per heavy atom. The molecule has 0 N–H and O–H groups in total. The van der Waals surface area contributed by atoms with Crippen molar-refractivity contribution >= 4 is 5.95 Å². The van der Waals surface area contributed by atoms with Crippen LogP contribution in [-0.2, 0) is 5.41 Å². The van der Waals surface area contributed by atoms with Crippen molar-refractivity contribution in [3.05, 3.63) is 48.3 Å². The highest BCUT2D eigenvalue weighted by Gasteiger charge is 2.39. The van der Waals surface area contributed by atoms with E-state index >= 15 is 0 Å². The third-order valence-electron chi connectivity index (χ3n) is 6.31. The van der Waals surface area contributed by atoms with Crippen LogP contribution in [0.15, 0.2) is 42.7 Å². The highest BCUT2D eigenvalue weighted by Crippen LogP contribution is 2.41. The molecule has 0 radical (unpaired) electrons. The lowest BCUT2D eigenvalue weighted by Crippen LogP contribution is -2.52. The fourth-order valence-electron chi connectivity index (χ4n) is 4.59. The topological polar surface area (TPSA) is 65.3 Å². The second-order valence-electron chi connectivity index (χ2n) is 7.73. The summed E-state index contributed by atoms with van der Waals surface area (Å²) in [5, 5.41) is 9.99. The van der Waals surface area contributed by atoms with Gasteiger partial charge in [0.1, 0.15) is 5.75 Å². The van der Waals surface area contributed by atoms with Crippen LogP contribution < -0.4 is 9.64 Å². The summed E-state index contributed by atoms with van der Waals surface area (Å²) in [7, 11) is 1.68. The van der Waals surface area contributed by atoms with Crippen molar-refractivity contribution in [2.24, 2.45) is 0 Å². The van der Waals surface area contributed by atoms with Gasteiger partial charge in [-0.2, -0.15) is 5.26 Å². The average molecular weight is 377 g/mol. The lowest BCUT2D eigenvalue weighted by atomic mass is 9.69. The summed E-state index contributed by atoms with van der Waals surface area (Å²) in [6.07, 6.45) is 7.54. The number of methoxy groups -OCH3 is 1. The zero-order valence-electron chi connectivity index (χ0n) is 16.4. The number of benzene rings is 1. The molecule has 1 aromatic carbocycles. The van der Waals surface area contributed by atoms with E-state index in [1.165, 1.54) is 0 Å². The van der Waals surface area contributed by atoms with Crippen LogP contribution in [0.25, 0.3) is 0 Å². The van der Waals surface area contributed by atoms with Crippen LogP contribution in [0.1, 0.15) is 31.2 Å². The summed E-state index contributed by atoms with van der Waals surface area (Å²) in [6, 6.07) is 13.1. The number of rotatable bonds is 4. The Hall–Kier alpha value is -2.65. The molecule has 2 aromatic rings. The molecule has 28 heavy (non-hydrogen) atoms. The van der Waals surface area contributed by atoms with Crippen LogP contribution in [-0.4, -0.2) is 54.2 Å². The number of nitrogens with zero attached hydrogens (tertiary/aromatic N) is 5. The molecule has 2 fully saturated rings. The van der Waals surface area contributed by atoms with Gasteiger partial charge in [0.2, 0.25) is 5.95 Å². The van der Waals surface area contributed by atoms with Gasteiger partial charge in [-0.15, -0.1) is 0 Å². The first-order valence-electron chi connectivity index (χ1n) is 10.1. The van der Waals surface area contributed by atoms with E-state index in [9.17, 15) is 5.26 Å². The average Bonchev–Trinajstić information content (AvgIpc) is 2.80. The van der Waals surface area contributed by atoms with Gasteiger partial charge >= 0.3 is 0 Å². The minimum atomic E-state index is -0.384. The second-order valence-corrected chi connectivity index (χ2v) is 7.73. The van der Waals surface area contributed by atoms with Crippen molar-refractivity contribution in [2.45, 2.75) is 37.1 Å². The zero-order chi connectivity index (χ0) is 19.4. The number of hydrogen-bond acceptors (Lipinski definition) is 6. The highest BCUT2D eigenvalue weighted by atomic mass is 16.5. The van der Waals surface area contributed by atoms with Crippen LogP contribution in [0.5, 0.6) is 5.75 Å². The van der Waals surface area contributed by atoms with Gasteiger partial charge in [0.15, 0.2) is 0 Å². The molecule has 0 atom stereocenters. The fourth-order valence-corrected chi connectivity index (χ4v) is 4.59. The summed E-state index contributed by atoms with van der Waals surface area (Å²) in [5.74, 6) is 1.65. The quantitative estimate of drug-likeness (QED) is 0.816. The van der Waals surface area contributed by atoms with E-state index in [0.717, 1.165) is 69.1 Å². The molecule has 2 aliphatic rings. The van der Waals surface area contributed by atoms with E-state index in [1.54, 1.807) is 19.5 Å². The van der Waals surface area contributed by atoms with Crippen LogP contribution in [0, 0.1) is 11.3 Å². The molecule has 4 rings (SSSR count). The minimum absolute atomic E-state index is 0.384. The van der Waals surface area contributed by atoms with E-state index in [0.29, 0.717) is 6.04 Å². The predicted molar refractivity (Wildman–Crippen MR) is 108 cm³/mol. The SMILES string of the molecule is COc1cccc(C2(C#N)CCC(N3CCN(c4ncccn4)CC3)CC2)c1. The summed E-state index contributed by atoms with van der Waals surface area (Å²) in [4.78, 5) is 13.6. The molecule has 0 unspecified atom stereocenters. The van der Waals surface area contributed by atoms with Gasteiger partial charge in [0.25, 0.3) is 0 Å². The standard InChI is InChI=1S/C22H27N5O/c1-28-20-5-2-4-18(16-20)22(17-23)8-6-19(7-9-22)26-12-14-27(15-13-26)21-24-10-3-11-25-21/h2-5,10-11,16,19H,6-9,12-15H2,1H3. The first-order chi connectivity index (χ1) is 13.7. The van der Waals surface area contributed by atoms with Crippen LogP contribution in [0.2, 0.25) is 0 Å². The molecule has 146 valence electrons. The van der Waals surface area contributed by atoms with Crippen LogP contribution >= 0.6 is 0 Å². The highest BCUT2D eigenvalue weighted by molar-refractivity contribution is 5.39. The smallest absolute Gasteiger partial charge is 0.225 e. The molecule has 6 heteroatoms. The van der Waals surface area contributed by atoms with E-state index in [1.807, 2.05) is 24.3 Å². The van der Waals surface area contributed by atoms with Crippen LogP contribution in [0.3, 0.4) is 0 Å². The minimum Gasteiger partial charge on any atom is -0.497 e. The molecule has 0 spiro atoms. The molecule has 2 heterocycles. The second kappa shape index (κ2) is 8.15. The fraction of sp³-hybridized carbons (Fsp3) is 0.500. The molecule has 1 aliphatic carbocycles. The number of anilines is 1. The maximum Gasteiger partial charge on any atom is 0.225 e. The van der Waals surface area contributed by atoms with Crippen molar-refractivity contribution in [3.8, 4) is 11.8 Å². The third kappa shape index (κ3) is 3.67. The summed E-state index contributed by atoms with van der Waals surface area (Å²) >= 11 is 0. The Balaban J connectivity index is 1.37. The Morgan fingerprint density at radius 2 is 1.79 bits per heavy atom. The molecule has 0 amide bonds. The van der Waals surface area contributed by atoms with E-state index in [4.69, 9.17) is 4.74 Å². The number of piperazine rings is 1. The zero-order valence-corrected chi connectivity index (χ0v) is 16.4. The van der Waals surface area contributed by atoms with Crippen molar-refractivity contribution < 1.29 is 4.74 Å². The van der Waals surface area contributed by atoms with Gasteiger partial charge in [-0.05, 0) is 49.4 Å². The molecule has 1 aliphatic heterocycles. The first kappa shape index (κ1) is 18.7. The Morgan fingerprint density at radius 3 is 2.43 bits per heavy atom. The van der Waals surface area contributed by atoms with Gasteiger partial charge in [0, 0.05) is 44.6 Å². The van der Waals surface area contributed by atoms with Crippen molar-refractivity contribution in [2.75, 3.05) is 38.2 Å². The lowest BCUT2D eigenvalue weighted by Gasteiger charge is -2.44. The number of nitriles is 1. The lowest BCUT2D eigenvalue weighted by molar-refractivity contribution is 0.129. The van der Waals surface area contributed by atoms with Gasteiger partial charge in [-0.3, -0.25) is 4.90 Å². The molecule has 1 saturated heterocycles. The molecular formula is C22H27N5O.